The molecule has 0 amide bonds. The largest absolute Gasteiger partial charge is 0.325 e. The Bertz CT molecular complexity index is 528. The molecule has 0 aliphatic heterocycles. The lowest BCUT2D eigenvalue weighted by Crippen LogP contribution is -2.03. The molecule has 0 spiro atoms. The summed E-state index contributed by atoms with van der Waals surface area (Å²) >= 11 is 5.81. The van der Waals surface area contributed by atoms with E-state index in [4.69, 9.17) is 17.3 Å². The fraction of sp³-hybridized carbons (Fsp3) is 0.200. The highest BCUT2D eigenvalue weighted by molar-refractivity contribution is 6.30. The second kappa shape index (κ2) is 3.72. The number of hydrogen-bond acceptors (Lipinski definition) is 3. The van der Waals surface area contributed by atoms with Crippen LogP contribution in [-0.4, -0.2) is 9.97 Å². The van der Waals surface area contributed by atoms with E-state index in [0.717, 1.165) is 0 Å². The smallest absolute Gasteiger partial charge is 0.153 e. The van der Waals surface area contributed by atoms with Crippen molar-refractivity contribution in [2.45, 2.75) is 13.5 Å². The summed E-state index contributed by atoms with van der Waals surface area (Å²) in [7, 11) is 0. The molecule has 0 atom stereocenters. The Labute approximate surface area is 91.1 Å². The summed E-state index contributed by atoms with van der Waals surface area (Å²) in [6, 6.07) is 3.36. The molecule has 2 rings (SSSR count). The molecule has 1 aromatic carbocycles. The monoisotopic (exact) mass is 225 g/mol. The van der Waals surface area contributed by atoms with Crippen LogP contribution in [0.4, 0.5) is 4.39 Å². The Hall–Kier alpha value is -1.26. The standard InChI is InChI=1S/C10H9ClFN3/c1-5-2-3-6-9(8(5)12)15-10(11)7(4-13)14-6/h2-3H,4,13H2,1H3. The van der Waals surface area contributed by atoms with E-state index in [-0.39, 0.29) is 23.0 Å². The lowest BCUT2D eigenvalue weighted by molar-refractivity contribution is 0.627. The summed E-state index contributed by atoms with van der Waals surface area (Å²) in [5, 5.41) is 0.162. The number of nitrogens with two attached hydrogens (primary N) is 1. The lowest BCUT2D eigenvalue weighted by Gasteiger charge is -2.04. The molecule has 0 radical (unpaired) electrons. The van der Waals surface area contributed by atoms with Gasteiger partial charge in [0.15, 0.2) is 11.0 Å². The third kappa shape index (κ3) is 1.66. The van der Waals surface area contributed by atoms with Crippen molar-refractivity contribution in [2.75, 3.05) is 0 Å². The van der Waals surface area contributed by atoms with E-state index in [9.17, 15) is 4.39 Å². The van der Waals surface area contributed by atoms with Crippen molar-refractivity contribution in [3.05, 3.63) is 34.4 Å². The number of nitrogens with zero attached hydrogens (tertiary/aromatic N) is 2. The van der Waals surface area contributed by atoms with Crippen molar-refractivity contribution >= 4 is 22.6 Å². The molecular formula is C10H9ClFN3. The number of halogens is 2. The molecular weight excluding hydrogens is 217 g/mol. The maximum atomic E-state index is 13.6. The second-order valence-corrected chi connectivity index (χ2v) is 3.59. The van der Waals surface area contributed by atoms with Crippen LogP contribution in [0.5, 0.6) is 0 Å². The molecule has 0 fully saturated rings. The highest BCUT2D eigenvalue weighted by atomic mass is 35.5. The van der Waals surface area contributed by atoms with Gasteiger partial charge < -0.3 is 5.73 Å². The molecule has 0 bridgehead atoms. The van der Waals surface area contributed by atoms with Crippen LogP contribution in [-0.2, 0) is 6.54 Å². The molecule has 15 heavy (non-hydrogen) atoms. The van der Waals surface area contributed by atoms with Crippen molar-refractivity contribution < 1.29 is 4.39 Å². The first kappa shape index (κ1) is 10.3. The number of aromatic nitrogens is 2. The lowest BCUT2D eigenvalue weighted by atomic mass is 10.2. The summed E-state index contributed by atoms with van der Waals surface area (Å²) in [6.45, 7) is 1.86. The van der Waals surface area contributed by atoms with E-state index in [1.165, 1.54) is 0 Å². The topological polar surface area (TPSA) is 51.8 Å². The van der Waals surface area contributed by atoms with Gasteiger partial charge >= 0.3 is 0 Å². The molecule has 78 valence electrons. The molecule has 1 heterocycles. The molecule has 0 aliphatic carbocycles. The average molecular weight is 226 g/mol. The van der Waals surface area contributed by atoms with E-state index < -0.39 is 0 Å². The second-order valence-electron chi connectivity index (χ2n) is 3.23. The molecule has 3 nitrogen and oxygen atoms in total. The van der Waals surface area contributed by atoms with Crippen molar-refractivity contribution in [3.63, 3.8) is 0 Å². The number of fused-ring (bicyclic) bond motifs is 1. The van der Waals surface area contributed by atoms with Gasteiger partial charge in [0.1, 0.15) is 5.52 Å². The van der Waals surface area contributed by atoms with Gasteiger partial charge in [-0.05, 0) is 18.6 Å². The van der Waals surface area contributed by atoms with E-state index in [1.54, 1.807) is 19.1 Å². The molecule has 1 aromatic heterocycles. The number of hydrogen-bond donors (Lipinski definition) is 1. The Morgan fingerprint density at radius 3 is 2.80 bits per heavy atom. The fourth-order valence-electron chi connectivity index (χ4n) is 1.34. The SMILES string of the molecule is Cc1ccc2nc(CN)c(Cl)nc2c1F. The van der Waals surface area contributed by atoms with Gasteiger partial charge in [0, 0.05) is 6.54 Å². The Morgan fingerprint density at radius 1 is 1.40 bits per heavy atom. The van der Waals surface area contributed by atoms with Crippen LogP contribution in [0.3, 0.4) is 0 Å². The van der Waals surface area contributed by atoms with Gasteiger partial charge in [-0.2, -0.15) is 0 Å². The third-order valence-electron chi connectivity index (χ3n) is 2.18. The first-order valence-electron chi connectivity index (χ1n) is 4.44. The zero-order chi connectivity index (χ0) is 11.0. The molecule has 0 aliphatic rings. The van der Waals surface area contributed by atoms with Gasteiger partial charge in [-0.3, -0.25) is 0 Å². The van der Waals surface area contributed by atoms with Crippen molar-refractivity contribution in [2.24, 2.45) is 5.73 Å². The summed E-state index contributed by atoms with van der Waals surface area (Å²) in [5.41, 5.74) is 7.10. The van der Waals surface area contributed by atoms with Crippen LogP contribution in [0.1, 0.15) is 11.3 Å². The average Bonchev–Trinajstić information content (AvgIpc) is 2.24. The van der Waals surface area contributed by atoms with Crippen molar-refractivity contribution in [1.82, 2.24) is 9.97 Å². The molecule has 2 aromatic rings. The quantitative estimate of drug-likeness (QED) is 0.810. The zero-order valence-corrected chi connectivity index (χ0v) is 8.85. The summed E-state index contributed by atoms with van der Waals surface area (Å²) in [5.74, 6) is -0.384. The molecule has 0 unspecified atom stereocenters. The van der Waals surface area contributed by atoms with Gasteiger partial charge in [0.2, 0.25) is 0 Å². The zero-order valence-electron chi connectivity index (χ0n) is 8.09. The number of benzene rings is 1. The van der Waals surface area contributed by atoms with Gasteiger partial charge in [-0.1, -0.05) is 17.7 Å². The normalized spacial score (nSPS) is 10.9. The molecule has 5 heteroatoms. The van der Waals surface area contributed by atoms with Crippen LogP contribution < -0.4 is 5.73 Å². The third-order valence-corrected chi connectivity index (χ3v) is 2.49. The van der Waals surface area contributed by atoms with E-state index in [0.29, 0.717) is 16.8 Å². The van der Waals surface area contributed by atoms with Crippen LogP contribution >= 0.6 is 11.6 Å². The van der Waals surface area contributed by atoms with Crippen LogP contribution in [0.25, 0.3) is 11.0 Å². The molecule has 0 saturated heterocycles. The summed E-state index contributed by atoms with van der Waals surface area (Å²) in [6.07, 6.45) is 0. The first-order chi connectivity index (χ1) is 7.13. The van der Waals surface area contributed by atoms with Gasteiger partial charge in [-0.25, -0.2) is 14.4 Å². The highest BCUT2D eigenvalue weighted by Gasteiger charge is 2.10. The van der Waals surface area contributed by atoms with Crippen LogP contribution in [0.15, 0.2) is 12.1 Å². The fourth-order valence-corrected chi connectivity index (χ4v) is 1.54. The Kier molecular flexibility index (Phi) is 2.54. The van der Waals surface area contributed by atoms with Gasteiger partial charge in [0.05, 0.1) is 11.2 Å². The minimum atomic E-state index is -0.384. The van der Waals surface area contributed by atoms with Crippen LogP contribution in [0, 0.1) is 12.7 Å². The minimum Gasteiger partial charge on any atom is -0.325 e. The van der Waals surface area contributed by atoms with E-state index in [2.05, 4.69) is 9.97 Å². The Morgan fingerprint density at radius 2 is 2.13 bits per heavy atom. The van der Waals surface area contributed by atoms with Gasteiger partial charge in [0.25, 0.3) is 0 Å². The summed E-state index contributed by atoms with van der Waals surface area (Å²) in [4.78, 5) is 8.09. The van der Waals surface area contributed by atoms with Gasteiger partial charge in [-0.15, -0.1) is 0 Å². The van der Waals surface area contributed by atoms with Crippen molar-refractivity contribution in [3.8, 4) is 0 Å². The Balaban J connectivity index is 2.81. The summed E-state index contributed by atoms with van der Waals surface area (Å²) < 4.78 is 13.6. The van der Waals surface area contributed by atoms with Crippen molar-refractivity contribution in [1.29, 1.82) is 0 Å². The first-order valence-corrected chi connectivity index (χ1v) is 4.82. The number of rotatable bonds is 1. The molecule has 0 saturated carbocycles. The van der Waals surface area contributed by atoms with Crippen LogP contribution in [0.2, 0.25) is 5.15 Å². The highest BCUT2D eigenvalue weighted by Crippen LogP contribution is 2.21. The van der Waals surface area contributed by atoms with E-state index >= 15 is 0 Å². The number of aryl methyl sites for hydroxylation is 1. The predicted octanol–water partition coefficient (Wildman–Crippen LogP) is 2.19. The van der Waals surface area contributed by atoms with E-state index in [1.807, 2.05) is 0 Å². The predicted molar refractivity (Wildman–Crippen MR) is 57.1 cm³/mol. The maximum absolute atomic E-state index is 13.6. The minimum absolute atomic E-state index is 0.162. The molecule has 2 N–H and O–H groups in total. The maximum Gasteiger partial charge on any atom is 0.153 e.